The van der Waals surface area contributed by atoms with E-state index in [-0.39, 0.29) is 18.8 Å². The molecule has 7 heteroatoms. The Morgan fingerprint density at radius 3 is 3.00 bits per heavy atom. The van der Waals surface area contributed by atoms with Gasteiger partial charge in [0, 0.05) is 22.6 Å². The fourth-order valence-electron chi connectivity index (χ4n) is 3.17. The average molecular weight is 434 g/mol. The van der Waals surface area contributed by atoms with E-state index in [0.717, 1.165) is 15.8 Å². The molecule has 27 heavy (non-hydrogen) atoms. The molecule has 0 saturated carbocycles. The fourth-order valence-corrected chi connectivity index (χ4v) is 3.54. The molecule has 0 aliphatic carbocycles. The number of amides is 1. The van der Waals surface area contributed by atoms with Crippen LogP contribution in [0.2, 0.25) is 0 Å². The predicted octanol–water partition coefficient (Wildman–Crippen LogP) is 3.41. The summed E-state index contributed by atoms with van der Waals surface area (Å²) in [6.07, 6.45) is -0.180. The summed E-state index contributed by atoms with van der Waals surface area (Å²) in [5, 5.41) is 0. The standard InChI is InChI=1S/C20H20BrNO5/c1-13-16(3-2-4-17(13)21)20(23)22-7-8-24-15(10-22)11-25-14-5-6-18-19(9-14)27-12-26-18/h2-6,9,15H,7-8,10-12H2,1H3. The molecule has 0 aromatic heterocycles. The minimum Gasteiger partial charge on any atom is -0.491 e. The number of nitrogens with zero attached hydrogens (tertiary/aromatic N) is 1. The Balaban J connectivity index is 1.38. The molecule has 1 unspecified atom stereocenters. The highest BCUT2D eigenvalue weighted by Crippen LogP contribution is 2.35. The highest BCUT2D eigenvalue weighted by molar-refractivity contribution is 9.10. The largest absolute Gasteiger partial charge is 0.491 e. The topological polar surface area (TPSA) is 57.2 Å². The van der Waals surface area contributed by atoms with Crippen LogP contribution in [0.25, 0.3) is 0 Å². The molecule has 1 amide bonds. The highest BCUT2D eigenvalue weighted by Gasteiger charge is 2.27. The molecule has 0 radical (unpaired) electrons. The summed E-state index contributed by atoms with van der Waals surface area (Å²) >= 11 is 3.49. The Morgan fingerprint density at radius 1 is 1.26 bits per heavy atom. The van der Waals surface area contributed by atoms with Gasteiger partial charge in [-0.15, -0.1) is 0 Å². The van der Waals surface area contributed by atoms with E-state index in [1.54, 1.807) is 6.07 Å². The molecule has 4 rings (SSSR count). The van der Waals surface area contributed by atoms with Crippen LogP contribution in [-0.4, -0.2) is 50.0 Å². The Morgan fingerprint density at radius 2 is 2.11 bits per heavy atom. The van der Waals surface area contributed by atoms with Crippen LogP contribution in [-0.2, 0) is 4.74 Å². The van der Waals surface area contributed by atoms with E-state index in [2.05, 4.69) is 15.9 Å². The molecular formula is C20H20BrNO5. The van der Waals surface area contributed by atoms with E-state index in [4.69, 9.17) is 18.9 Å². The van der Waals surface area contributed by atoms with Crippen molar-refractivity contribution in [2.75, 3.05) is 33.1 Å². The number of halogens is 1. The summed E-state index contributed by atoms with van der Waals surface area (Å²) in [5.74, 6) is 2.11. The number of hydrogen-bond donors (Lipinski definition) is 0. The van der Waals surface area contributed by atoms with Gasteiger partial charge in [-0.1, -0.05) is 22.0 Å². The second-order valence-corrected chi connectivity index (χ2v) is 7.34. The van der Waals surface area contributed by atoms with Crippen molar-refractivity contribution in [3.05, 3.63) is 52.0 Å². The first-order chi connectivity index (χ1) is 13.1. The number of morpholine rings is 1. The highest BCUT2D eigenvalue weighted by atomic mass is 79.9. The van der Waals surface area contributed by atoms with Gasteiger partial charge in [0.25, 0.3) is 5.91 Å². The third-order valence-electron chi connectivity index (χ3n) is 4.70. The zero-order chi connectivity index (χ0) is 18.8. The number of fused-ring (bicyclic) bond motifs is 1. The number of carbonyl (C=O) groups excluding carboxylic acids is 1. The van der Waals surface area contributed by atoms with Crippen molar-refractivity contribution in [2.24, 2.45) is 0 Å². The smallest absolute Gasteiger partial charge is 0.254 e. The summed E-state index contributed by atoms with van der Waals surface area (Å²) in [6.45, 7) is 4.10. The SMILES string of the molecule is Cc1c(Br)cccc1C(=O)N1CCOC(COc2ccc3c(c2)OCO3)C1. The van der Waals surface area contributed by atoms with Gasteiger partial charge in [-0.05, 0) is 36.8 Å². The Hall–Kier alpha value is -2.25. The molecule has 2 heterocycles. The molecule has 2 aromatic rings. The van der Waals surface area contributed by atoms with Crippen molar-refractivity contribution < 1.29 is 23.7 Å². The molecule has 142 valence electrons. The monoisotopic (exact) mass is 433 g/mol. The lowest BCUT2D eigenvalue weighted by molar-refractivity contribution is -0.0401. The van der Waals surface area contributed by atoms with Gasteiger partial charge in [-0.25, -0.2) is 0 Å². The van der Waals surface area contributed by atoms with Gasteiger partial charge in [0.15, 0.2) is 11.5 Å². The zero-order valence-corrected chi connectivity index (χ0v) is 16.5. The van der Waals surface area contributed by atoms with Gasteiger partial charge in [0.1, 0.15) is 18.5 Å². The van der Waals surface area contributed by atoms with Gasteiger partial charge >= 0.3 is 0 Å². The molecule has 6 nitrogen and oxygen atoms in total. The number of benzene rings is 2. The first-order valence-electron chi connectivity index (χ1n) is 8.80. The van der Waals surface area contributed by atoms with Crippen LogP contribution in [0.15, 0.2) is 40.9 Å². The van der Waals surface area contributed by atoms with Crippen LogP contribution < -0.4 is 14.2 Å². The van der Waals surface area contributed by atoms with Crippen molar-refractivity contribution in [3.8, 4) is 17.2 Å². The molecular weight excluding hydrogens is 414 g/mol. The summed E-state index contributed by atoms with van der Waals surface area (Å²) in [7, 11) is 0. The average Bonchev–Trinajstić information content (AvgIpc) is 3.16. The van der Waals surface area contributed by atoms with Gasteiger partial charge in [-0.2, -0.15) is 0 Å². The summed E-state index contributed by atoms with van der Waals surface area (Å²) < 4.78 is 23.2. The van der Waals surface area contributed by atoms with E-state index in [1.807, 2.05) is 42.2 Å². The van der Waals surface area contributed by atoms with Crippen molar-refractivity contribution in [3.63, 3.8) is 0 Å². The summed E-state index contributed by atoms with van der Waals surface area (Å²) in [5.41, 5.74) is 1.66. The van der Waals surface area contributed by atoms with E-state index in [1.165, 1.54) is 0 Å². The lowest BCUT2D eigenvalue weighted by Crippen LogP contribution is -2.47. The van der Waals surface area contributed by atoms with E-state index in [9.17, 15) is 4.79 Å². The van der Waals surface area contributed by atoms with Gasteiger partial charge in [0.05, 0.1) is 13.2 Å². The second kappa shape index (κ2) is 7.78. The number of carbonyl (C=O) groups is 1. The second-order valence-electron chi connectivity index (χ2n) is 6.48. The lowest BCUT2D eigenvalue weighted by atomic mass is 10.1. The molecule has 1 fully saturated rings. The first kappa shape index (κ1) is 18.1. The Bertz CT molecular complexity index is 856. The minimum atomic E-state index is -0.180. The van der Waals surface area contributed by atoms with Crippen LogP contribution >= 0.6 is 15.9 Å². The van der Waals surface area contributed by atoms with Crippen LogP contribution in [0.5, 0.6) is 17.2 Å². The van der Waals surface area contributed by atoms with Crippen molar-refractivity contribution >= 4 is 21.8 Å². The molecule has 0 spiro atoms. The predicted molar refractivity (Wildman–Crippen MR) is 103 cm³/mol. The minimum absolute atomic E-state index is 0.0187. The Labute approximate surface area is 166 Å². The normalized spacial score (nSPS) is 18.4. The van der Waals surface area contributed by atoms with Crippen LogP contribution in [0.3, 0.4) is 0 Å². The number of hydrogen-bond acceptors (Lipinski definition) is 5. The maximum absolute atomic E-state index is 12.9. The molecule has 2 aliphatic heterocycles. The Kier molecular flexibility index (Phi) is 5.22. The molecule has 0 N–H and O–H groups in total. The summed E-state index contributed by atoms with van der Waals surface area (Å²) in [6, 6.07) is 11.1. The van der Waals surface area contributed by atoms with Crippen LogP contribution in [0, 0.1) is 6.92 Å². The molecule has 1 atom stereocenters. The summed E-state index contributed by atoms with van der Waals surface area (Å²) in [4.78, 5) is 14.7. The zero-order valence-electron chi connectivity index (χ0n) is 14.9. The number of rotatable bonds is 4. The van der Waals surface area contributed by atoms with Gasteiger partial charge < -0.3 is 23.8 Å². The van der Waals surface area contributed by atoms with Crippen LogP contribution in [0.4, 0.5) is 0 Å². The van der Waals surface area contributed by atoms with E-state index >= 15 is 0 Å². The van der Waals surface area contributed by atoms with Crippen molar-refractivity contribution in [2.45, 2.75) is 13.0 Å². The maximum Gasteiger partial charge on any atom is 0.254 e. The van der Waals surface area contributed by atoms with Crippen LogP contribution in [0.1, 0.15) is 15.9 Å². The fraction of sp³-hybridized carbons (Fsp3) is 0.350. The third-order valence-corrected chi connectivity index (χ3v) is 5.56. The van der Waals surface area contributed by atoms with Crippen molar-refractivity contribution in [1.29, 1.82) is 0 Å². The van der Waals surface area contributed by atoms with Gasteiger partial charge in [0.2, 0.25) is 6.79 Å². The quantitative estimate of drug-likeness (QED) is 0.739. The number of ether oxygens (including phenoxy) is 4. The lowest BCUT2D eigenvalue weighted by Gasteiger charge is -2.33. The van der Waals surface area contributed by atoms with E-state index in [0.29, 0.717) is 43.4 Å². The van der Waals surface area contributed by atoms with E-state index < -0.39 is 0 Å². The van der Waals surface area contributed by atoms with Gasteiger partial charge in [-0.3, -0.25) is 4.79 Å². The third kappa shape index (κ3) is 3.89. The molecule has 0 bridgehead atoms. The maximum atomic E-state index is 12.9. The molecule has 2 aromatic carbocycles. The first-order valence-corrected chi connectivity index (χ1v) is 9.59. The molecule has 1 saturated heterocycles. The molecule has 2 aliphatic rings. The van der Waals surface area contributed by atoms with Crippen molar-refractivity contribution in [1.82, 2.24) is 4.90 Å².